The van der Waals surface area contributed by atoms with Gasteiger partial charge in [-0.25, -0.2) is 0 Å². The Kier molecular flexibility index (Phi) is 20.9. The Morgan fingerprint density at radius 3 is 2.10 bits per heavy atom. The Bertz CT molecular complexity index is 219. The molecule has 0 aromatic carbocycles. The highest BCUT2D eigenvalue weighted by Gasteiger charge is 1.96. The Balaban J connectivity index is 0. The number of aliphatic imine (C=N–C) groups is 1. The lowest BCUT2D eigenvalue weighted by Gasteiger charge is -2.11. The van der Waals surface area contributed by atoms with Gasteiger partial charge in [0.05, 0.1) is 26.4 Å². The summed E-state index contributed by atoms with van der Waals surface area (Å²) in [7, 11) is 3.42. The molecule has 20 heavy (non-hydrogen) atoms. The van der Waals surface area contributed by atoms with Crippen molar-refractivity contribution in [3.8, 4) is 0 Å². The molecule has 0 spiro atoms. The fourth-order valence-electron chi connectivity index (χ4n) is 1.30. The summed E-state index contributed by atoms with van der Waals surface area (Å²) in [6, 6.07) is 0. The Labute approximate surface area is 140 Å². The van der Waals surface area contributed by atoms with E-state index in [1.54, 1.807) is 14.2 Å². The number of halogens is 1. The molecular weight excluding hydrogens is 373 g/mol. The SMILES string of the molecule is CCCCOCCOCCNC(=NC)NCCOC.I. The van der Waals surface area contributed by atoms with Gasteiger partial charge in [-0.1, -0.05) is 13.3 Å². The molecule has 2 N–H and O–H groups in total. The molecule has 0 rings (SSSR count). The minimum Gasteiger partial charge on any atom is -0.383 e. The number of methoxy groups -OCH3 is 1. The van der Waals surface area contributed by atoms with Crippen LogP contribution in [-0.4, -0.2) is 66.2 Å². The van der Waals surface area contributed by atoms with Crippen LogP contribution in [-0.2, 0) is 14.2 Å². The second-order valence-corrected chi connectivity index (χ2v) is 4.00. The molecule has 0 heterocycles. The topological polar surface area (TPSA) is 64.1 Å². The first-order valence-electron chi connectivity index (χ1n) is 6.94. The van der Waals surface area contributed by atoms with Crippen LogP contribution in [0.2, 0.25) is 0 Å². The zero-order chi connectivity index (χ0) is 14.2. The van der Waals surface area contributed by atoms with Crippen LogP contribution in [0, 0.1) is 0 Å². The summed E-state index contributed by atoms with van der Waals surface area (Å²) < 4.78 is 15.8. The van der Waals surface area contributed by atoms with Crippen molar-refractivity contribution in [2.24, 2.45) is 4.99 Å². The monoisotopic (exact) mass is 403 g/mol. The van der Waals surface area contributed by atoms with E-state index in [2.05, 4.69) is 22.5 Å². The van der Waals surface area contributed by atoms with Crippen LogP contribution in [0.15, 0.2) is 4.99 Å². The second kappa shape index (κ2) is 18.9. The summed E-state index contributed by atoms with van der Waals surface area (Å²) in [5.74, 6) is 0.764. The van der Waals surface area contributed by atoms with Crippen molar-refractivity contribution in [2.45, 2.75) is 19.8 Å². The van der Waals surface area contributed by atoms with Gasteiger partial charge in [-0.2, -0.15) is 0 Å². The van der Waals surface area contributed by atoms with E-state index in [0.717, 1.165) is 32.1 Å². The average Bonchev–Trinajstić information content (AvgIpc) is 2.43. The smallest absolute Gasteiger partial charge is 0.191 e. The van der Waals surface area contributed by atoms with Crippen LogP contribution in [0.1, 0.15) is 19.8 Å². The lowest BCUT2D eigenvalue weighted by molar-refractivity contribution is 0.0487. The molecule has 6 nitrogen and oxygen atoms in total. The van der Waals surface area contributed by atoms with E-state index in [1.807, 2.05) is 0 Å². The molecule has 0 radical (unpaired) electrons. The van der Waals surface area contributed by atoms with Gasteiger partial charge in [0, 0.05) is 33.9 Å². The first-order valence-corrected chi connectivity index (χ1v) is 6.94. The molecule has 0 atom stereocenters. The second-order valence-electron chi connectivity index (χ2n) is 4.00. The summed E-state index contributed by atoms with van der Waals surface area (Å²) in [6.45, 7) is 7.05. The van der Waals surface area contributed by atoms with E-state index < -0.39 is 0 Å². The predicted molar refractivity (Wildman–Crippen MR) is 93.2 cm³/mol. The van der Waals surface area contributed by atoms with Crippen LogP contribution in [0.25, 0.3) is 0 Å². The van der Waals surface area contributed by atoms with Crippen molar-refractivity contribution >= 4 is 29.9 Å². The first-order chi connectivity index (χ1) is 9.35. The number of hydrogen-bond donors (Lipinski definition) is 2. The van der Waals surface area contributed by atoms with Gasteiger partial charge in [0.1, 0.15) is 0 Å². The molecule has 0 saturated carbocycles. The summed E-state index contributed by atoms with van der Waals surface area (Å²) in [6.07, 6.45) is 2.28. The third-order valence-electron chi connectivity index (χ3n) is 2.38. The van der Waals surface area contributed by atoms with Gasteiger partial charge in [-0.05, 0) is 6.42 Å². The summed E-state index contributed by atoms with van der Waals surface area (Å²) in [4.78, 5) is 4.09. The molecule has 0 amide bonds. The summed E-state index contributed by atoms with van der Waals surface area (Å²) >= 11 is 0. The highest BCUT2D eigenvalue weighted by Crippen LogP contribution is 1.87. The van der Waals surface area contributed by atoms with Crippen molar-refractivity contribution in [1.29, 1.82) is 0 Å². The van der Waals surface area contributed by atoms with E-state index >= 15 is 0 Å². The van der Waals surface area contributed by atoms with Gasteiger partial charge >= 0.3 is 0 Å². The number of hydrogen-bond acceptors (Lipinski definition) is 4. The molecule has 0 unspecified atom stereocenters. The Morgan fingerprint density at radius 1 is 0.950 bits per heavy atom. The number of guanidine groups is 1. The Hall–Kier alpha value is -0.120. The van der Waals surface area contributed by atoms with Crippen molar-refractivity contribution in [2.75, 3.05) is 60.3 Å². The van der Waals surface area contributed by atoms with E-state index in [4.69, 9.17) is 14.2 Å². The van der Waals surface area contributed by atoms with Crippen LogP contribution < -0.4 is 10.6 Å². The number of ether oxygens (including phenoxy) is 3. The van der Waals surface area contributed by atoms with Gasteiger partial charge < -0.3 is 24.8 Å². The maximum absolute atomic E-state index is 5.44. The number of unbranched alkanes of at least 4 members (excludes halogenated alkanes) is 1. The highest BCUT2D eigenvalue weighted by molar-refractivity contribution is 14.0. The average molecular weight is 403 g/mol. The van der Waals surface area contributed by atoms with E-state index in [9.17, 15) is 0 Å². The molecule has 0 aromatic rings. The van der Waals surface area contributed by atoms with Gasteiger partial charge in [-0.3, -0.25) is 4.99 Å². The van der Waals surface area contributed by atoms with Crippen LogP contribution in [0.4, 0.5) is 0 Å². The molecule has 0 aromatic heterocycles. The summed E-state index contributed by atoms with van der Waals surface area (Å²) in [5, 5.41) is 6.29. The number of nitrogens with one attached hydrogen (secondary N) is 2. The van der Waals surface area contributed by atoms with Crippen LogP contribution >= 0.6 is 24.0 Å². The lowest BCUT2D eigenvalue weighted by atomic mass is 10.4. The zero-order valence-corrected chi connectivity index (χ0v) is 15.3. The molecular formula is C13H30IN3O3. The Morgan fingerprint density at radius 2 is 1.55 bits per heavy atom. The third-order valence-corrected chi connectivity index (χ3v) is 2.38. The fourth-order valence-corrected chi connectivity index (χ4v) is 1.30. The van der Waals surface area contributed by atoms with Gasteiger partial charge in [-0.15, -0.1) is 24.0 Å². The quantitative estimate of drug-likeness (QED) is 0.222. The zero-order valence-electron chi connectivity index (χ0n) is 12.9. The standard InChI is InChI=1S/C13H29N3O3.HI/c1-4-5-8-18-11-12-19-10-7-16-13(14-2)15-6-9-17-3;/h4-12H2,1-3H3,(H2,14,15,16);1H. The maximum atomic E-state index is 5.44. The van der Waals surface area contributed by atoms with Crippen LogP contribution in [0.5, 0.6) is 0 Å². The van der Waals surface area contributed by atoms with Crippen molar-refractivity contribution in [1.82, 2.24) is 10.6 Å². The molecule has 7 heteroatoms. The molecule has 0 saturated heterocycles. The maximum Gasteiger partial charge on any atom is 0.191 e. The summed E-state index contributed by atoms with van der Waals surface area (Å²) in [5.41, 5.74) is 0. The van der Waals surface area contributed by atoms with E-state index in [-0.39, 0.29) is 24.0 Å². The molecule has 0 bridgehead atoms. The van der Waals surface area contributed by atoms with Crippen LogP contribution in [0.3, 0.4) is 0 Å². The number of rotatable bonds is 12. The highest BCUT2D eigenvalue weighted by atomic mass is 127. The largest absolute Gasteiger partial charge is 0.383 e. The van der Waals surface area contributed by atoms with E-state index in [1.165, 1.54) is 6.42 Å². The van der Waals surface area contributed by atoms with Crippen molar-refractivity contribution in [3.05, 3.63) is 0 Å². The number of nitrogens with zero attached hydrogens (tertiary/aromatic N) is 1. The molecule has 0 aliphatic rings. The molecule has 0 fully saturated rings. The lowest BCUT2D eigenvalue weighted by Crippen LogP contribution is -2.40. The van der Waals surface area contributed by atoms with Crippen molar-refractivity contribution in [3.63, 3.8) is 0 Å². The van der Waals surface area contributed by atoms with Crippen molar-refractivity contribution < 1.29 is 14.2 Å². The third kappa shape index (κ3) is 15.9. The first kappa shape index (κ1) is 22.2. The molecule has 0 aliphatic heterocycles. The van der Waals surface area contributed by atoms with E-state index in [0.29, 0.717) is 26.4 Å². The normalized spacial score (nSPS) is 11.1. The minimum absolute atomic E-state index is 0. The molecule has 122 valence electrons. The van der Waals surface area contributed by atoms with Gasteiger partial charge in [0.2, 0.25) is 0 Å². The minimum atomic E-state index is 0. The molecule has 0 aliphatic carbocycles. The predicted octanol–water partition coefficient (Wildman–Crippen LogP) is 1.25. The fraction of sp³-hybridized carbons (Fsp3) is 0.923. The van der Waals surface area contributed by atoms with Gasteiger partial charge in [0.25, 0.3) is 0 Å². The van der Waals surface area contributed by atoms with Gasteiger partial charge in [0.15, 0.2) is 5.96 Å².